The third-order valence-corrected chi connectivity index (χ3v) is 4.21. The highest BCUT2D eigenvalue weighted by Gasteiger charge is 2.14. The molecular formula is C19H24N4O. The van der Waals surface area contributed by atoms with Crippen LogP contribution in [0.3, 0.4) is 0 Å². The highest BCUT2D eigenvalue weighted by molar-refractivity contribution is 5.78. The van der Waals surface area contributed by atoms with E-state index in [1.165, 1.54) is 19.3 Å². The number of amides is 1. The van der Waals surface area contributed by atoms with Crippen LogP contribution in [0, 0.1) is 6.92 Å². The normalized spacial score (nSPS) is 14.5. The second-order valence-electron chi connectivity index (χ2n) is 6.29. The van der Waals surface area contributed by atoms with Gasteiger partial charge in [-0.05, 0) is 37.8 Å². The lowest BCUT2D eigenvalue weighted by Gasteiger charge is -2.27. The van der Waals surface area contributed by atoms with Gasteiger partial charge in [0.25, 0.3) is 0 Å². The van der Waals surface area contributed by atoms with Crippen molar-refractivity contribution in [1.29, 1.82) is 0 Å². The number of aryl methyl sites for hydroxylation is 1. The number of rotatable bonds is 5. The first-order valence-corrected chi connectivity index (χ1v) is 8.61. The molecule has 2 heterocycles. The van der Waals surface area contributed by atoms with Crippen LogP contribution in [0.15, 0.2) is 36.4 Å². The SMILES string of the molecule is Cc1cc(CNC(=O)Cc2ccccc2)nc(N2CCCCC2)n1. The van der Waals surface area contributed by atoms with Gasteiger partial charge in [0.05, 0.1) is 18.7 Å². The molecule has 1 fully saturated rings. The van der Waals surface area contributed by atoms with Gasteiger partial charge in [-0.15, -0.1) is 0 Å². The van der Waals surface area contributed by atoms with Crippen molar-refractivity contribution >= 4 is 11.9 Å². The van der Waals surface area contributed by atoms with Crippen molar-refractivity contribution in [2.24, 2.45) is 0 Å². The smallest absolute Gasteiger partial charge is 0.225 e. The highest BCUT2D eigenvalue weighted by Crippen LogP contribution is 2.16. The largest absolute Gasteiger partial charge is 0.350 e. The lowest BCUT2D eigenvalue weighted by atomic mass is 10.1. The summed E-state index contributed by atoms with van der Waals surface area (Å²) in [7, 11) is 0. The van der Waals surface area contributed by atoms with E-state index in [0.717, 1.165) is 36.0 Å². The maximum absolute atomic E-state index is 12.1. The third kappa shape index (κ3) is 4.54. The summed E-state index contributed by atoms with van der Waals surface area (Å²) < 4.78 is 0. The first kappa shape index (κ1) is 16.4. The van der Waals surface area contributed by atoms with E-state index in [2.05, 4.69) is 20.2 Å². The van der Waals surface area contributed by atoms with Crippen LogP contribution >= 0.6 is 0 Å². The summed E-state index contributed by atoms with van der Waals surface area (Å²) in [5.41, 5.74) is 2.82. The monoisotopic (exact) mass is 324 g/mol. The van der Waals surface area contributed by atoms with Gasteiger partial charge in [-0.1, -0.05) is 30.3 Å². The number of carbonyl (C=O) groups excluding carboxylic acids is 1. The van der Waals surface area contributed by atoms with E-state index in [4.69, 9.17) is 0 Å². The molecular weight excluding hydrogens is 300 g/mol. The van der Waals surface area contributed by atoms with Gasteiger partial charge in [-0.2, -0.15) is 0 Å². The van der Waals surface area contributed by atoms with Crippen molar-refractivity contribution in [3.63, 3.8) is 0 Å². The van der Waals surface area contributed by atoms with Crippen LogP contribution in [-0.4, -0.2) is 29.0 Å². The molecule has 3 rings (SSSR count). The van der Waals surface area contributed by atoms with Crippen molar-refractivity contribution in [2.75, 3.05) is 18.0 Å². The number of hydrogen-bond donors (Lipinski definition) is 1. The standard InChI is InChI=1S/C19H24N4O/c1-15-12-17(22-19(21-15)23-10-6-3-7-11-23)14-20-18(24)13-16-8-4-2-5-9-16/h2,4-5,8-9,12H,3,6-7,10-11,13-14H2,1H3,(H,20,24). The molecule has 0 unspecified atom stereocenters. The molecule has 1 N–H and O–H groups in total. The Bertz CT molecular complexity index is 681. The van der Waals surface area contributed by atoms with E-state index < -0.39 is 0 Å². The van der Waals surface area contributed by atoms with Crippen LogP contribution in [0.2, 0.25) is 0 Å². The fourth-order valence-electron chi connectivity index (χ4n) is 2.98. The van der Waals surface area contributed by atoms with Crippen molar-refractivity contribution in [1.82, 2.24) is 15.3 Å². The molecule has 2 aromatic rings. The third-order valence-electron chi connectivity index (χ3n) is 4.21. The minimum atomic E-state index is 0.0111. The zero-order valence-corrected chi connectivity index (χ0v) is 14.2. The molecule has 5 heteroatoms. The van der Waals surface area contributed by atoms with Gasteiger partial charge in [0.1, 0.15) is 0 Å². The van der Waals surface area contributed by atoms with E-state index >= 15 is 0 Å². The Labute approximate surface area is 143 Å². The molecule has 1 aromatic heterocycles. The Morgan fingerprint density at radius 3 is 2.62 bits per heavy atom. The quantitative estimate of drug-likeness (QED) is 0.918. The molecule has 126 valence electrons. The second-order valence-corrected chi connectivity index (χ2v) is 6.29. The van der Waals surface area contributed by atoms with E-state index in [0.29, 0.717) is 13.0 Å². The topological polar surface area (TPSA) is 58.1 Å². The summed E-state index contributed by atoms with van der Waals surface area (Å²) in [4.78, 5) is 23.5. The molecule has 1 saturated heterocycles. The van der Waals surface area contributed by atoms with Gasteiger partial charge >= 0.3 is 0 Å². The number of nitrogens with zero attached hydrogens (tertiary/aromatic N) is 3. The number of piperidine rings is 1. The highest BCUT2D eigenvalue weighted by atomic mass is 16.1. The molecule has 1 amide bonds. The molecule has 0 saturated carbocycles. The Morgan fingerprint density at radius 1 is 1.12 bits per heavy atom. The molecule has 0 radical (unpaired) electrons. The first-order valence-electron chi connectivity index (χ1n) is 8.61. The minimum Gasteiger partial charge on any atom is -0.350 e. The maximum atomic E-state index is 12.1. The summed E-state index contributed by atoms with van der Waals surface area (Å²) in [5, 5.41) is 2.96. The molecule has 24 heavy (non-hydrogen) atoms. The summed E-state index contributed by atoms with van der Waals surface area (Å²) in [6, 6.07) is 11.7. The predicted octanol–water partition coefficient (Wildman–Crippen LogP) is 2.63. The van der Waals surface area contributed by atoms with Gasteiger partial charge in [-0.25, -0.2) is 9.97 Å². The fraction of sp³-hybridized carbons (Fsp3) is 0.421. The average Bonchev–Trinajstić information content (AvgIpc) is 2.61. The van der Waals surface area contributed by atoms with Crippen molar-refractivity contribution in [3.05, 3.63) is 53.3 Å². The summed E-state index contributed by atoms with van der Waals surface area (Å²) >= 11 is 0. The lowest BCUT2D eigenvalue weighted by molar-refractivity contribution is -0.120. The van der Waals surface area contributed by atoms with E-state index in [-0.39, 0.29) is 5.91 Å². The van der Waals surface area contributed by atoms with Gasteiger partial charge in [0.15, 0.2) is 0 Å². The molecule has 0 spiro atoms. The molecule has 0 bridgehead atoms. The molecule has 0 aliphatic carbocycles. The zero-order chi connectivity index (χ0) is 16.8. The van der Waals surface area contributed by atoms with Crippen LogP contribution in [0.5, 0.6) is 0 Å². The predicted molar refractivity (Wildman–Crippen MR) is 94.8 cm³/mol. The number of anilines is 1. The molecule has 0 atom stereocenters. The Morgan fingerprint density at radius 2 is 1.88 bits per heavy atom. The van der Waals surface area contributed by atoms with Gasteiger partial charge in [0, 0.05) is 18.8 Å². The van der Waals surface area contributed by atoms with Crippen molar-refractivity contribution < 1.29 is 4.79 Å². The number of carbonyl (C=O) groups is 1. The van der Waals surface area contributed by atoms with E-state index in [1.807, 2.05) is 43.3 Å². The Balaban J connectivity index is 1.60. The fourth-order valence-corrected chi connectivity index (χ4v) is 2.98. The van der Waals surface area contributed by atoms with Gasteiger partial charge in [-0.3, -0.25) is 4.79 Å². The van der Waals surface area contributed by atoms with Crippen molar-refractivity contribution in [2.45, 2.75) is 39.2 Å². The summed E-state index contributed by atoms with van der Waals surface area (Å²) in [6.45, 7) is 4.45. The van der Waals surface area contributed by atoms with Crippen LogP contribution in [-0.2, 0) is 17.8 Å². The lowest BCUT2D eigenvalue weighted by Crippen LogP contribution is -2.32. The minimum absolute atomic E-state index is 0.0111. The summed E-state index contributed by atoms with van der Waals surface area (Å²) in [6.07, 6.45) is 4.06. The number of aromatic nitrogens is 2. The number of benzene rings is 1. The van der Waals surface area contributed by atoms with Crippen LogP contribution < -0.4 is 10.2 Å². The van der Waals surface area contributed by atoms with E-state index in [9.17, 15) is 4.79 Å². The zero-order valence-electron chi connectivity index (χ0n) is 14.2. The first-order chi connectivity index (χ1) is 11.7. The van der Waals surface area contributed by atoms with Crippen LogP contribution in [0.1, 0.15) is 36.2 Å². The Kier molecular flexibility index (Phi) is 5.41. The van der Waals surface area contributed by atoms with Crippen molar-refractivity contribution in [3.8, 4) is 0 Å². The summed E-state index contributed by atoms with van der Waals surface area (Å²) in [5.74, 6) is 0.805. The van der Waals surface area contributed by atoms with Gasteiger partial charge in [0.2, 0.25) is 11.9 Å². The number of nitrogens with one attached hydrogen (secondary N) is 1. The molecule has 1 aliphatic heterocycles. The second kappa shape index (κ2) is 7.90. The van der Waals surface area contributed by atoms with Crippen LogP contribution in [0.4, 0.5) is 5.95 Å². The molecule has 5 nitrogen and oxygen atoms in total. The molecule has 1 aliphatic rings. The average molecular weight is 324 g/mol. The van der Waals surface area contributed by atoms with E-state index in [1.54, 1.807) is 0 Å². The Hall–Kier alpha value is -2.43. The van der Waals surface area contributed by atoms with Crippen LogP contribution in [0.25, 0.3) is 0 Å². The number of hydrogen-bond acceptors (Lipinski definition) is 4. The van der Waals surface area contributed by atoms with Gasteiger partial charge < -0.3 is 10.2 Å². The maximum Gasteiger partial charge on any atom is 0.225 e. The molecule has 1 aromatic carbocycles.